The van der Waals surface area contributed by atoms with E-state index >= 15 is 0 Å². The molecule has 0 spiro atoms. The Hall–Kier alpha value is -1.62. The second kappa shape index (κ2) is 8.29. The van der Waals surface area contributed by atoms with E-state index < -0.39 is 0 Å². The maximum atomic E-state index is 11.9. The lowest BCUT2D eigenvalue weighted by Gasteiger charge is -2.33. The van der Waals surface area contributed by atoms with Gasteiger partial charge in [-0.3, -0.25) is 4.79 Å². The first-order valence-corrected chi connectivity index (χ1v) is 8.74. The lowest BCUT2D eigenvalue weighted by molar-refractivity contribution is -0.149. The minimum atomic E-state index is -0.110. The molecule has 0 saturated carbocycles. The maximum absolute atomic E-state index is 11.9. The van der Waals surface area contributed by atoms with E-state index in [0.29, 0.717) is 24.2 Å². The van der Waals surface area contributed by atoms with Gasteiger partial charge in [0.1, 0.15) is 0 Å². The molecule has 1 saturated heterocycles. The summed E-state index contributed by atoms with van der Waals surface area (Å²) < 4.78 is 5.13. The third-order valence-electron chi connectivity index (χ3n) is 4.16. The maximum Gasteiger partial charge on any atom is 0.310 e. The number of anilines is 1. The minimum absolute atomic E-state index is 0.0771. The Kier molecular flexibility index (Phi) is 6.39. The molecule has 1 aliphatic rings. The molecule has 0 bridgehead atoms. The molecular formula is C18H26N2O2S. The highest BCUT2D eigenvalue weighted by Gasteiger charge is 2.28. The zero-order valence-electron chi connectivity index (χ0n) is 14.2. The van der Waals surface area contributed by atoms with Gasteiger partial charge in [0.25, 0.3) is 0 Å². The number of benzene rings is 1. The Bertz CT molecular complexity index is 542. The number of rotatable bonds is 4. The van der Waals surface area contributed by atoms with Crippen molar-refractivity contribution in [2.75, 3.05) is 25.0 Å². The molecule has 5 heteroatoms. The van der Waals surface area contributed by atoms with Crippen LogP contribution >= 0.6 is 12.2 Å². The van der Waals surface area contributed by atoms with Crippen molar-refractivity contribution in [2.45, 2.75) is 39.5 Å². The molecule has 1 aromatic carbocycles. The van der Waals surface area contributed by atoms with Crippen LogP contribution in [0, 0.1) is 5.92 Å². The average molecular weight is 334 g/mol. The largest absolute Gasteiger partial charge is 0.466 e. The van der Waals surface area contributed by atoms with Gasteiger partial charge in [0.15, 0.2) is 5.11 Å². The number of ether oxygens (including phenoxy) is 1. The van der Waals surface area contributed by atoms with Crippen molar-refractivity contribution in [1.82, 2.24) is 4.90 Å². The van der Waals surface area contributed by atoms with E-state index in [1.54, 1.807) is 0 Å². The summed E-state index contributed by atoms with van der Waals surface area (Å²) in [5, 5.41) is 3.95. The van der Waals surface area contributed by atoms with Crippen LogP contribution in [0.15, 0.2) is 24.3 Å². The van der Waals surface area contributed by atoms with Gasteiger partial charge in [-0.15, -0.1) is 0 Å². The van der Waals surface area contributed by atoms with Gasteiger partial charge in [0, 0.05) is 18.8 Å². The van der Waals surface area contributed by atoms with E-state index in [1.165, 1.54) is 5.56 Å². The Balaban J connectivity index is 1.93. The molecule has 0 unspecified atom stereocenters. The zero-order valence-corrected chi connectivity index (χ0v) is 15.0. The molecule has 1 aliphatic heterocycles. The zero-order chi connectivity index (χ0) is 16.8. The van der Waals surface area contributed by atoms with Crippen molar-refractivity contribution in [3.05, 3.63) is 29.8 Å². The van der Waals surface area contributed by atoms with Crippen LogP contribution in [0.5, 0.6) is 0 Å². The van der Waals surface area contributed by atoms with Crippen LogP contribution < -0.4 is 5.32 Å². The van der Waals surface area contributed by atoms with E-state index in [9.17, 15) is 4.79 Å². The molecule has 126 valence electrons. The molecule has 1 atom stereocenters. The standard InChI is InChI=1S/C18H26N2O2S/c1-4-22-17(21)15-6-5-11-20(12-15)18(23)19-16-9-7-14(8-10-16)13(2)3/h7-10,13,15H,4-6,11-12H2,1-3H3,(H,19,23)/t15-/m0/s1. The van der Waals surface area contributed by atoms with Crippen molar-refractivity contribution < 1.29 is 9.53 Å². The van der Waals surface area contributed by atoms with Crippen LogP contribution in [0.4, 0.5) is 5.69 Å². The molecular weight excluding hydrogens is 308 g/mol. The van der Waals surface area contributed by atoms with Crippen LogP contribution in [0.25, 0.3) is 0 Å². The van der Waals surface area contributed by atoms with Gasteiger partial charge >= 0.3 is 5.97 Å². The van der Waals surface area contributed by atoms with Crippen molar-refractivity contribution in [3.63, 3.8) is 0 Å². The summed E-state index contributed by atoms with van der Waals surface area (Å²) in [6.07, 6.45) is 1.83. The van der Waals surface area contributed by atoms with Gasteiger partial charge < -0.3 is 15.0 Å². The van der Waals surface area contributed by atoms with E-state index in [4.69, 9.17) is 17.0 Å². The van der Waals surface area contributed by atoms with Crippen molar-refractivity contribution in [1.29, 1.82) is 0 Å². The third kappa shape index (κ3) is 4.93. The van der Waals surface area contributed by atoms with Crippen molar-refractivity contribution >= 4 is 29.0 Å². The Morgan fingerprint density at radius 3 is 2.70 bits per heavy atom. The number of nitrogens with one attached hydrogen (secondary N) is 1. The number of hydrogen-bond acceptors (Lipinski definition) is 3. The molecule has 1 fully saturated rings. The smallest absolute Gasteiger partial charge is 0.310 e. The third-order valence-corrected chi connectivity index (χ3v) is 4.52. The van der Waals surface area contributed by atoms with Crippen LogP contribution in [0.3, 0.4) is 0 Å². The average Bonchev–Trinajstić information content (AvgIpc) is 2.55. The highest BCUT2D eigenvalue weighted by Crippen LogP contribution is 2.20. The summed E-state index contributed by atoms with van der Waals surface area (Å²) in [4.78, 5) is 14.0. The summed E-state index contributed by atoms with van der Waals surface area (Å²) in [7, 11) is 0. The molecule has 1 aromatic rings. The van der Waals surface area contributed by atoms with Crippen molar-refractivity contribution in [3.8, 4) is 0 Å². The SMILES string of the molecule is CCOC(=O)[C@H]1CCCN(C(=S)Nc2ccc(C(C)C)cc2)C1. The summed E-state index contributed by atoms with van der Waals surface area (Å²) in [5.41, 5.74) is 2.29. The van der Waals surface area contributed by atoms with Crippen LogP contribution in [-0.2, 0) is 9.53 Å². The van der Waals surface area contributed by atoms with E-state index in [-0.39, 0.29) is 11.9 Å². The van der Waals surface area contributed by atoms with Gasteiger partial charge in [-0.1, -0.05) is 26.0 Å². The number of hydrogen-bond donors (Lipinski definition) is 1. The fourth-order valence-electron chi connectivity index (χ4n) is 2.77. The number of carbonyl (C=O) groups excluding carboxylic acids is 1. The number of piperidine rings is 1. The van der Waals surface area contributed by atoms with Gasteiger partial charge in [0.05, 0.1) is 12.5 Å². The summed E-state index contributed by atoms with van der Waals surface area (Å²) in [5.74, 6) is 0.330. The van der Waals surface area contributed by atoms with Crippen molar-refractivity contribution in [2.24, 2.45) is 5.92 Å². The summed E-state index contributed by atoms with van der Waals surface area (Å²) in [6, 6.07) is 8.34. The lowest BCUT2D eigenvalue weighted by Crippen LogP contribution is -2.44. The number of esters is 1. The van der Waals surface area contributed by atoms with Crippen LogP contribution in [-0.4, -0.2) is 35.7 Å². The molecule has 0 amide bonds. The second-order valence-electron chi connectivity index (χ2n) is 6.24. The predicted octanol–water partition coefficient (Wildman–Crippen LogP) is 3.78. The number of likely N-dealkylation sites (tertiary alicyclic amines) is 1. The molecule has 0 aromatic heterocycles. The van der Waals surface area contributed by atoms with Crippen LogP contribution in [0.2, 0.25) is 0 Å². The molecule has 4 nitrogen and oxygen atoms in total. The van der Waals surface area contributed by atoms with Gasteiger partial charge in [-0.05, 0) is 55.6 Å². The topological polar surface area (TPSA) is 41.6 Å². The second-order valence-corrected chi connectivity index (χ2v) is 6.63. The normalized spacial score (nSPS) is 17.9. The Labute approximate surface area is 144 Å². The summed E-state index contributed by atoms with van der Waals surface area (Å²) in [6.45, 7) is 8.14. The highest BCUT2D eigenvalue weighted by molar-refractivity contribution is 7.80. The van der Waals surface area contributed by atoms with E-state index in [2.05, 4.69) is 48.3 Å². The van der Waals surface area contributed by atoms with Gasteiger partial charge in [-0.25, -0.2) is 0 Å². The molecule has 2 rings (SSSR count). The first kappa shape index (κ1) is 17.7. The minimum Gasteiger partial charge on any atom is -0.466 e. The fourth-order valence-corrected chi connectivity index (χ4v) is 3.05. The number of carbonyl (C=O) groups is 1. The highest BCUT2D eigenvalue weighted by atomic mass is 32.1. The molecule has 0 aliphatic carbocycles. The van der Waals surface area contributed by atoms with Crippen LogP contribution in [0.1, 0.15) is 45.1 Å². The fraction of sp³-hybridized carbons (Fsp3) is 0.556. The van der Waals surface area contributed by atoms with Gasteiger partial charge in [0.2, 0.25) is 0 Å². The van der Waals surface area contributed by atoms with Gasteiger partial charge in [-0.2, -0.15) is 0 Å². The van der Waals surface area contributed by atoms with E-state index in [0.717, 1.165) is 25.1 Å². The molecule has 1 heterocycles. The first-order valence-electron chi connectivity index (χ1n) is 8.33. The molecule has 0 radical (unpaired) electrons. The van der Waals surface area contributed by atoms with E-state index in [1.807, 2.05) is 6.92 Å². The first-order chi connectivity index (χ1) is 11.0. The number of thiocarbonyl (C=S) groups is 1. The quantitative estimate of drug-likeness (QED) is 0.670. The lowest BCUT2D eigenvalue weighted by atomic mass is 9.98. The molecule has 23 heavy (non-hydrogen) atoms. The number of nitrogens with zero attached hydrogens (tertiary/aromatic N) is 1. The molecule has 1 N–H and O–H groups in total. The predicted molar refractivity (Wildman–Crippen MR) is 97.7 cm³/mol. The Morgan fingerprint density at radius 1 is 1.39 bits per heavy atom. The Morgan fingerprint density at radius 2 is 2.09 bits per heavy atom. The monoisotopic (exact) mass is 334 g/mol. The summed E-state index contributed by atoms with van der Waals surface area (Å²) >= 11 is 5.51.